The lowest BCUT2D eigenvalue weighted by molar-refractivity contribution is -0.280. The van der Waals surface area contributed by atoms with Crippen LogP contribution in [0.2, 0.25) is 0 Å². The summed E-state index contributed by atoms with van der Waals surface area (Å²) in [6, 6.07) is 15.6. The van der Waals surface area contributed by atoms with Gasteiger partial charge in [-0.1, -0.05) is 36.4 Å². The van der Waals surface area contributed by atoms with Gasteiger partial charge in [0.1, 0.15) is 12.2 Å². The van der Waals surface area contributed by atoms with E-state index in [1.54, 1.807) is 0 Å². The van der Waals surface area contributed by atoms with Gasteiger partial charge in [0.05, 0.1) is 6.61 Å². The van der Waals surface area contributed by atoms with Gasteiger partial charge >= 0.3 is 0 Å². The largest absolute Gasteiger partial charge is 0.504 e. The molecular weight excluding hydrogens is 422 g/mol. The van der Waals surface area contributed by atoms with Gasteiger partial charge in [-0.3, -0.25) is 4.90 Å². The van der Waals surface area contributed by atoms with Crippen LogP contribution in [0.4, 0.5) is 0 Å². The molecule has 4 heteroatoms. The molecule has 0 aromatic heterocycles. The summed E-state index contributed by atoms with van der Waals surface area (Å²) in [7, 11) is 0. The number of rotatable bonds is 6. The minimum atomic E-state index is 0.0282. The van der Waals surface area contributed by atoms with Crippen LogP contribution in [0.15, 0.2) is 42.5 Å². The van der Waals surface area contributed by atoms with Crippen molar-refractivity contribution in [1.82, 2.24) is 4.90 Å². The molecule has 1 N–H and O–H groups in total. The van der Waals surface area contributed by atoms with E-state index < -0.39 is 0 Å². The fraction of sp³-hybridized carbons (Fsp3) is 0.600. The summed E-state index contributed by atoms with van der Waals surface area (Å²) in [5.41, 5.74) is 4.47. The van der Waals surface area contributed by atoms with Gasteiger partial charge in [-0.15, -0.1) is 0 Å². The highest BCUT2D eigenvalue weighted by Crippen LogP contribution is 2.69. The number of aromatic hydroxyl groups is 1. The number of phenols is 1. The van der Waals surface area contributed by atoms with E-state index in [4.69, 9.17) is 9.47 Å². The minimum Gasteiger partial charge on any atom is -0.504 e. The molecule has 6 atom stereocenters. The first-order valence-electron chi connectivity index (χ1n) is 13.6. The molecule has 6 aliphatic rings. The van der Waals surface area contributed by atoms with Crippen molar-refractivity contribution in [1.29, 1.82) is 0 Å². The van der Waals surface area contributed by atoms with E-state index >= 15 is 0 Å². The van der Waals surface area contributed by atoms with Crippen molar-refractivity contribution in [3.8, 4) is 11.5 Å². The van der Waals surface area contributed by atoms with Crippen molar-refractivity contribution < 1.29 is 14.6 Å². The average molecular weight is 458 g/mol. The first-order valence-corrected chi connectivity index (χ1v) is 13.6. The second-order valence-corrected chi connectivity index (χ2v) is 12.2. The van der Waals surface area contributed by atoms with Crippen molar-refractivity contribution in [3.05, 3.63) is 59.2 Å². The molecule has 3 heterocycles. The molecule has 4 nitrogen and oxygen atoms in total. The van der Waals surface area contributed by atoms with Crippen molar-refractivity contribution >= 4 is 0 Å². The predicted molar refractivity (Wildman–Crippen MR) is 130 cm³/mol. The zero-order chi connectivity index (χ0) is 22.5. The maximum absolute atomic E-state index is 10.8. The van der Waals surface area contributed by atoms with E-state index in [9.17, 15) is 5.11 Å². The summed E-state index contributed by atoms with van der Waals surface area (Å²) in [6.07, 6.45) is 10.1. The van der Waals surface area contributed by atoms with Crippen LogP contribution >= 0.6 is 0 Å². The topological polar surface area (TPSA) is 41.9 Å². The third-order valence-electron chi connectivity index (χ3n) is 10.5. The molecule has 2 saturated carbocycles. The predicted octanol–water partition coefficient (Wildman–Crippen LogP) is 4.86. The molecule has 3 aliphatic heterocycles. The summed E-state index contributed by atoms with van der Waals surface area (Å²) >= 11 is 0. The summed E-state index contributed by atoms with van der Waals surface area (Å²) in [4.78, 5) is 2.86. The lowest BCUT2D eigenvalue weighted by Gasteiger charge is -2.67. The van der Waals surface area contributed by atoms with Gasteiger partial charge in [-0.05, 0) is 86.9 Å². The Bertz CT molecular complexity index is 1130. The summed E-state index contributed by atoms with van der Waals surface area (Å²) < 4.78 is 13.2. The Morgan fingerprint density at radius 2 is 1.94 bits per heavy atom. The first-order chi connectivity index (χ1) is 16.7. The van der Waals surface area contributed by atoms with Gasteiger partial charge in [0.25, 0.3) is 0 Å². The van der Waals surface area contributed by atoms with E-state index in [0.717, 1.165) is 37.5 Å². The lowest BCUT2D eigenvalue weighted by atomic mass is 9.45. The maximum atomic E-state index is 10.8. The zero-order valence-corrected chi connectivity index (χ0v) is 19.9. The zero-order valence-electron chi connectivity index (χ0n) is 19.9. The molecule has 2 aromatic rings. The number of hydrogen-bond acceptors (Lipinski definition) is 4. The molecule has 0 amide bonds. The highest BCUT2D eigenvalue weighted by Gasteiger charge is 2.73. The molecule has 2 bridgehead atoms. The smallest absolute Gasteiger partial charge is 0.165 e. The number of fused-ring (bicyclic) bond motifs is 2. The second kappa shape index (κ2) is 7.01. The number of piperidine rings is 1. The Kier molecular flexibility index (Phi) is 4.16. The van der Waals surface area contributed by atoms with Gasteiger partial charge in [0.2, 0.25) is 0 Å². The van der Waals surface area contributed by atoms with Crippen LogP contribution in [0.25, 0.3) is 0 Å². The molecule has 178 valence electrons. The molecule has 0 radical (unpaired) electrons. The number of nitrogens with zero attached hydrogens (tertiary/aromatic N) is 1. The van der Waals surface area contributed by atoms with E-state index in [-0.39, 0.29) is 23.0 Å². The number of hydrogen-bond donors (Lipinski definition) is 1. The number of phenolic OH excluding ortho intramolecular Hbond substituents is 1. The third kappa shape index (κ3) is 2.62. The molecule has 34 heavy (non-hydrogen) atoms. The van der Waals surface area contributed by atoms with Gasteiger partial charge < -0.3 is 14.6 Å². The van der Waals surface area contributed by atoms with Crippen LogP contribution in [0.3, 0.4) is 0 Å². The van der Waals surface area contributed by atoms with Gasteiger partial charge in [0, 0.05) is 29.0 Å². The van der Waals surface area contributed by atoms with Gasteiger partial charge in [-0.25, -0.2) is 0 Å². The first kappa shape index (κ1) is 20.2. The molecule has 8 rings (SSSR count). The number of aryl methyl sites for hydroxylation is 1. The second-order valence-electron chi connectivity index (χ2n) is 12.2. The Morgan fingerprint density at radius 3 is 2.74 bits per heavy atom. The molecule has 4 fully saturated rings. The molecular formula is C30H35NO3. The van der Waals surface area contributed by atoms with Crippen LogP contribution in [-0.4, -0.2) is 48.0 Å². The number of likely N-dealkylation sites (tertiary alicyclic amines) is 1. The summed E-state index contributed by atoms with van der Waals surface area (Å²) in [6.45, 7) is 3.33. The van der Waals surface area contributed by atoms with E-state index in [1.807, 2.05) is 6.07 Å². The Labute approximate surface area is 202 Å². The molecule has 4 unspecified atom stereocenters. The standard InChI is InChI=1S/C30H35NO3/c32-24-11-10-21-15-23-22-16-29(12-4-7-19-5-2-1-3-6-19)18-33-27(29)28-30(22,25(21)26(24)34-28)13-14-31(23)17-20-8-9-20/h1-3,5-6,10-11,20,22-23,27-28,32H,4,7-9,12-18H2/t22?,23?,27-,28?,29-,30?/m1/s1. The van der Waals surface area contributed by atoms with Crippen LogP contribution in [0.1, 0.15) is 55.2 Å². The highest BCUT2D eigenvalue weighted by molar-refractivity contribution is 5.61. The molecule has 2 saturated heterocycles. The normalized spacial score (nSPS) is 39.1. The Morgan fingerprint density at radius 1 is 1.06 bits per heavy atom. The van der Waals surface area contributed by atoms with Crippen molar-refractivity contribution in [2.45, 2.75) is 75.0 Å². The number of ether oxygens (including phenoxy) is 2. The SMILES string of the molecule is Oc1ccc2c3c1OC1[C@H]4OC[C@@]4(CCCc4ccccc4)CC4C(C2)N(CC2CC2)CCC341. The third-order valence-corrected chi connectivity index (χ3v) is 10.5. The van der Waals surface area contributed by atoms with Crippen molar-refractivity contribution in [3.63, 3.8) is 0 Å². The van der Waals surface area contributed by atoms with Crippen LogP contribution < -0.4 is 4.74 Å². The van der Waals surface area contributed by atoms with E-state index in [2.05, 4.69) is 41.3 Å². The lowest BCUT2D eigenvalue weighted by Crippen LogP contribution is -2.75. The van der Waals surface area contributed by atoms with Gasteiger partial charge in [-0.2, -0.15) is 0 Å². The number of benzene rings is 2. The molecule has 1 spiro atoms. The monoisotopic (exact) mass is 457 g/mol. The van der Waals surface area contributed by atoms with Crippen LogP contribution in [0.5, 0.6) is 11.5 Å². The summed E-state index contributed by atoms with van der Waals surface area (Å²) in [5.74, 6) is 2.65. The molecule has 2 aromatic carbocycles. The Balaban J connectivity index is 1.16. The fourth-order valence-corrected chi connectivity index (χ4v) is 8.78. The fourth-order valence-electron chi connectivity index (χ4n) is 8.78. The molecule has 3 aliphatic carbocycles. The van der Waals surface area contributed by atoms with Crippen LogP contribution in [-0.2, 0) is 23.0 Å². The summed E-state index contributed by atoms with van der Waals surface area (Å²) in [5, 5.41) is 10.8. The average Bonchev–Trinajstić information content (AvgIpc) is 3.59. The van der Waals surface area contributed by atoms with E-state index in [1.165, 1.54) is 61.9 Å². The maximum Gasteiger partial charge on any atom is 0.165 e. The minimum absolute atomic E-state index is 0.0282. The van der Waals surface area contributed by atoms with E-state index in [0.29, 0.717) is 17.7 Å². The van der Waals surface area contributed by atoms with Crippen LogP contribution in [0, 0.1) is 17.3 Å². The quantitative estimate of drug-likeness (QED) is 0.673. The van der Waals surface area contributed by atoms with Crippen molar-refractivity contribution in [2.75, 3.05) is 19.7 Å². The highest BCUT2D eigenvalue weighted by atomic mass is 16.6. The Hall–Kier alpha value is -2.04. The van der Waals surface area contributed by atoms with Gasteiger partial charge in [0.15, 0.2) is 11.5 Å². The van der Waals surface area contributed by atoms with Crippen molar-refractivity contribution in [2.24, 2.45) is 17.3 Å².